The Balaban J connectivity index is 2.33. The Morgan fingerprint density at radius 1 is 1.19 bits per heavy atom. The van der Waals surface area contributed by atoms with Gasteiger partial charge in [-0.1, -0.05) is 19.3 Å². The first kappa shape index (κ1) is 12.1. The molecule has 0 radical (unpaired) electrons. The molecule has 5 heteroatoms. The van der Waals surface area contributed by atoms with Crippen LogP contribution in [0.2, 0.25) is 0 Å². The van der Waals surface area contributed by atoms with Gasteiger partial charge in [0.15, 0.2) is 0 Å². The van der Waals surface area contributed by atoms with Gasteiger partial charge in [-0.05, 0) is 12.8 Å². The van der Waals surface area contributed by atoms with E-state index in [1.54, 1.807) is 12.1 Å². The van der Waals surface area contributed by atoms with E-state index in [9.17, 15) is 4.79 Å². The van der Waals surface area contributed by atoms with Crippen molar-refractivity contribution >= 4 is 6.03 Å². The number of nitriles is 2. The molecule has 0 heterocycles. The lowest BCUT2D eigenvalue weighted by molar-refractivity contribution is 0.236. The summed E-state index contributed by atoms with van der Waals surface area (Å²) in [6.07, 6.45) is 6.64. The second-order valence-electron chi connectivity index (χ2n) is 3.73. The predicted molar refractivity (Wildman–Crippen MR) is 57.8 cm³/mol. The molecule has 1 aliphatic rings. The molecule has 0 unspecified atom stereocenters. The van der Waals surface area contributed by atoms with Gasteiger partial charge in [-0.2, -0.15) is 10.5 Å². The summed E-state index contributed by atoms with van der Waals surface area (Å²) in [5.74, 6) is 0. The Labute approximate surface area is 94.7 Å². The minimum Gasteiger partial charge on any atom is -0.335 e. The van der Waals surface area contributed by atoms with Crippen molar-refractivity contribution in [3.63, 3.8) is 0 Å². The maximum absolute atomic E-state index is 11.4. The SMILES string of the molecule is N#CC(C#N)=CNC(=O)NC1CCCCC1. The second kappa shape index (κ2) is 6.47. The quantitative estimate of drug-likeness (QED) is 0.689. The monoisotopic (exact) mass is 218 g/mol. The highest BCUT2D eigenvalue weighted by Gasteiger charge is 2.14. The van der Waals surface area contributed by atoms with Crippen molar-refractivity contribution < 1.29 is 4.79 Å². The summed E-state index contributed by atoms with van der Waals surface area (Å²) in [6.45, 7) is 0. The first-order valence-electron chi connectivity index (χ1n) is 5.33. The zero-order chi connectivity index (χ0) is 11.8. The van der Waals surface area contributed by atoms with E-state index in [0.29, 0.717) is 0 Å². The van der Waals surface area contributed by atoms with E-state index in [1.165, 1.54) is 6.42 Å². The molecule has 0 bridgehead atoms. The van der Waals surface area contributed by atoms with E-state index in [1.807, 2.05) is 0 Å². The fourth-order valence-corrected chi connectivity index (χ4v) is 1.70. The standard InChI is InChI=1S/C11H14N4O/c12-6-9(7-13)8-14-11(16)15-10-4-2-1-3-5-10/h8,10H,1-5H2,(H2,14,15,16). The smallest absolute Gasteiger partial charge is 0.319 e. The average molecular weight is 218 g/mol. The zero-order valence-electron chi connectivity index (χ0n) is 8.99. The van der Waals surface area contributed by atoms with Crippen LogP contribution in [0, 0.1) is 22.7 Å². The average Bonchev–Trinajstić information content (AvgIpc) is 2.31. The molecular formula is C11H14N4O. The molecule has 0 atom stereocenters. The molecule has 84 valence electrons. The molecule has 0 aromatic heterocycles. The Morgan fingerprint density at radius 2 is 1.81 bits per heavy atom. The van der Waals surface area contributed by atoms with Gasteiger partial charge < -0.3 is 10.6 Å². The fourth-order valence-electron chi connectivity index (χ4n) is 1.70. The summed E-state index contributed by atoms with van der Waals surface area (Å²) in [5, 5.41) is 22.1. The number of hydrogen-bond acceptors (Lipinski definition) is 3. The number of rotatable bonds is 2. The molecule has 2 N–H and O–H groups in total. The zero-order valence-corrected chi connectivity index (χ0v) is 8.99. The van der Waals surface area contributed by atoms with Crippen molar-refractivity contribution in [1.82, 2.24) is 10.6 Å². The van der Waals surface area contributed by atoms with Gasteiger partial charge in [0.25, 0.3) is 0 Å². The Bertz CT molecular complexity index is 339. The summed E-state index contributed by atoms with van der Waals surface area (Å²) >= 11 is 0. The Morgan fingerprint density at radius 3 is 2.38 bits per heavy atom. The van der Waals surface area contributed by atoms with Crippen LogP contribution in [0.15, 0.2) is 11.8 Å². The molecule has 1 fully saturated rings. The van der Waals surface area contributed by atoms with Crippen molar-refractivity contribution in [3.8, 4) is 12.1 Å². The number of carbonyl (C=O) groups is 1. The molecule has 5 nitrogen and oxygen atoms in total. The highest BCUT2D eigenvalue weighted by Crippen LogP contribution is 2.16. The van der Waals surface area contributed by atoms with E-state index in [-0.39, 0.29) is 17.6 Å². The van der Waals surface area contributed by atoms with E-state index in [0.717, 1.165) is 31.9 Å². The summed E-state index contributed by atoms with van der Waals surface area (Å²) in [5.41, 5.74) is -0.112. The van der Waals surface area contributed by atoms with Crippen LogP contribution in [0.4, 0.5) is 4.79 Å². The number of amides is 2. The first-order valence-corrected chi connectivity index (χ1v) is 5.33. The van der Waals surface area contributed by atoms with Gasteiger partial charge in [-0.25, -0.2) is 4.79 Å². The van der Waals surface area contributed by atoms with Crippen LogP contribution in [-0.4, -0.2) is 12.1 Å². The van der Waals surface area contributed by atoms with E-state index >= 15 is 0 Å². The lowest BCUT2D eigenvalue weighted by Gasteiger charge is -2.22. The topological polar surface area (TPSA) is 88.7 Å². The number of carbonyl (C=O) groups excluding carboxylic acids is 1. The van der Waals surface area contributed by atoms with Gasteiger partial charge in [-0.15, -0.1) is 0 Å². The van der Waals surface area contributed by atoms with Gasteiger partial charge in [0.2, 0.25) is 0 Å². The van der Waals surface area contributed by atoms with Crippen molar-refractivity contribution in [2.75, 3.05) is 0 Å². The van der Waals surface area contributed by atoms with Crippen LogP contribution in [0.25, 0.3) is 0 Å². The predicted octanol–water partition coefficient (Wildman–Crippen LogP) is 1.55. The molecule has 0 aromatic rings. The van der Waals surface area contributed by atoms with Crippen LogP contribution in [0.1, 0.15) is 32.1 Å². The van der Waals surface area contributed by atoms with Crippen LogP contribution in [0.5, 0.6) is 0 Å². The minimum absolute atomic E-state index is 0.112. The highest BCUT2D eigenvalue weighted by molar-refractivity contribution is 5.75. The van der Waals surface area contributed by atoms with E-state index in [2.05, 4.69) is 10.6 Å². The van der Waals surface area contributed by atoms with E-state index in [4.69, 9.17) is 10.5 Å². The molecule has 1 aliphatic carbocycles. The lowest BCUT2D eigenvalue weighted by Crippen LogP contribution is -2.41. The van der Waals surface area contributed by atoms with E-state index < -0.39 is 0 Å². The lowest BCUT2D eigenvalue weighted by atomic mass is 9.96. The van der Waals surface area contributed by atoms with Gasteiger partial charge >= 0.3 is 6.03 Å². The van der Waals surface area contributed by atoms with Gasteiger partial charge in [0.1, 0.15) is 17.7 Å². The summed E-state index contributed by atoms with van der Waals surface area (Å²) < 4.78 is 0. The number of nitrogens with zero attached hydrogens (tertiary/aromatic N) is 2. The first-order chi connectivity index (χ1) is 7.76. The molecule has 0 aromatic carbocycles. The third-order valence-corrected chi connectivity index (χ3v) is 2.53. The Hall–Kier alpha value is -2.01. The third kappa shape index (κ3) is 4.02. The Kier molecular flexibility index (Phi) is 4.88. The van der Waals surface area contributed by atoms with Gasteiger partial charge in [-0.3, -0.25) is 0 Å². The van der Waals surface area contributed by atoms with Crippen molar-refractivity contribution in [1.29, 1.82) is 10.5 Å². The van der Waals surface area contributed by atoms with Crippen molar-refractivity contribution in [2.45, 2.75) is 38.1 Å². The summed E-state index contributed by atoms with van der Waals surface area (Å²) in [6, 6.07) is 3.20. The number of nitrogens with one attached hydrogen (secondary N) is 2. The minimum atomic E-state index is -0.352. The van der Waals surface area contributed by atoms with Crippen LogP contribution < -0.4 is 10.6 Å². The second-order valence-corrected chi connectivity index (χ2v) is 3.73. The highest BCUT2D eigenvalue weighted by atomic mass is 16.2. The largest absolute Gasteiger partial charge is 0.335 e. The molecule has 0 saturated heterocycles. The summed E-state index contributed by atoms with van der Waals surface area (Å²) in [7, 11) is 0. The molecular weight excluding hydrogens is 204 g/mol. The number of allylic oxidation sites excluding steroid dienone is 1. The third-order valence-electron chi connectivity index (χ3n) is 2.53. The molecule has 16 heavy (non-hydrogen) atoms. The fraction of sp³-hybridized carbons (Fsp3) is 0.545. The van der Waals surface area contributed by atoms with Gasteiger partial charge in [0.05, 0.1) is 0 Å². The molecule has 1 rings (SSSR count). The van der Waals surface area contributed by atoms with Crippen molar-refractivity contribution in [3.05, 3.63) is 11.8 Å². The molecule has 0 aliphatic heterocycles. The number of urea groups is 1. The number of hydrogen-bond donors (Lipinski definition) is 2. The molecule has 0 spiro atoms. The maximum atomic E-state index is 11.4. The van der Waals surface area contributed by atoms with Crippen LogP contribution in [0.3, 0.4) is 0 Å². The summed E-state index contributed by atoms with van der Waals surface area (Å²) in [4.78, 5) is 11.4. The van der Waals surface area contributed by atoms with Crippen LogP contribution >= 0.6 is 0 Å². The van der Waals surface area contributed by atoms with Crippen molar-refractivity contribution in [2.24, 2.45) is 0 Å². The van der Waals surface area contributed by atoms with Crippen LogP contribution in [-0.2, 0) is 0 Å². The molecule has 1 saturated carbocycles. The normalized spacial score (nSPS) is 15.4. The van der Waals surface area contributed by atoms with Gasteiger partial charge in [0, 0.05) is 12.2 Å². The molecule has 2 amide bonds. The maximum Gasteiger partial charge on any atom is 0.319 e.